The Morgan fingerprint density at radius 2 is 1.84 bits per heavy atom. The fourth-order valence-corrected chi connectivity index (χ4v) is 2.99. The van der Waals surface area contributed by atoms with Gasteiger partial charge in [-0.2, -0.15) is 0 Å². The normalized spacial score (nSPS) is 14.9. The van der Waals surface area contributed by atoms with Crippen molar-refractivity contribution in [1.29, 1.82) is 0 Å². The second-order valence-electron chi connectivity index (χ2n) is 5.48. The third-order valence-corrected chi connectivity index (χ3v) is 4.61. The Morgan fingerprint density at radius 1 is 1.32 bits per heavy atom. The lowest BCUT2D eigenvalue weighted by Gasteiger charge is -2.19. The Morgan fingerprint density at radius 3 is 2.21 bits per heavy atom. The highest BCUT2D eigenvalue weighted by atomic mass is 32.2. The topological polar surface area (TPSA) is 80.4 Å². The Labute approximate surface area is 116 Å². The van der Waals surface area contributed by atoms with E-state index in [1.165, 1.54) is 0 Å². The van der Waals surface area contributed by atoms with E-state index in [9.17, 15) is 9.00 Å². The first kappa shape index (κ1) is 15.9. The summed E-state index contributed by atoms with van der Waals surface area (Å²) in [6.07, 6.45) is 0.211. The Kier molecular flexibility index (Phi) is 5.26. The van der Waals surface area contributed by atoms with Crippen molar-refractivity contribution in [2.45, 2.75) is 42.8 Å². The number of carboxylic acid groups (broad SMARTS) is 1. The molecule has 1 aromatic carbocycles. The zero-order valence-corrected chi connectivity index (χ0v) is 12.4. The van der Waals surface area contributed by atoms with Gasteiger partial charge in [-0.15, -0.1) is 0 Å². The van der Waals surface area contributed by atoms with Crippen molar-refractivity contribution < 1.29 is 14.1 Å². The summed E-state index contributed by atoms with van der Waals surface area (Å²) in [6, 6.07) is 7.27. The Balaban J connectivity index is 2.97. The van der Waals surface area contributed by atoms with E-state index in [1.54, 1.807) is 12.1 Å². The van der Waals surface area contributed by atoms with Gasteiger partial charge in [-0.1, -0.05) is 32.9 Å². The van der Waals surface area contributed by atoms with Gasteiger partial charge in [-0.05, 0) is 36.1 Å². The number of nitrogens with two attached hydrogens (primary N) is 1. The van der Waals surface area contributed by atoms with Gasteiger partial charge in [-0.25, -0.2) is 0 Å². The van der Waals surface area contributed by atoms with Crippen LogP contribution < -0.4 is 5.73 Å². The Bertz CT molecular complexity index is 463. The fraction of sp³-hybridized carbons (Fsp3) is 0.500. The second-order valence-corrected chi connectivity index (χ2v) is 7.11. The SMILES string of the molecule is CC(C)(C)c1ccc(S(=O)C(CCN)C(=O)O)cc1. The summed E-state index contributed by atoms with van der Waals surface area (Å²) in [4.78, 5) is 11.6. The van der Waals surface area contributed by atoms with Crippen molar-refractivity contribution in [3.05, 3.63) is 29.8 Å². The first-order chi connectivity index (χ1) is 8.77. The van der Waals surface area contributed by atoms with E-state index in [0.29, 0.717) is 4.90 Å². The largest absolute Gasteiger partial charge is 0.480 e. The molecule has 0 amide bonds. The lowest BCUT2D eigenvalue weighted by Crippen LogP contribution is -2.28. The number of hydrogen-bond acceptors (Lipinski definition) is 3. The number of carbonyl (C=O) groups is 1. The van der Waals surface area contributed by atoms with Gasteiger partial charge in [0, 0.05) is 4.90 Å². The molecule has 2 unspecified atom stereocenters. The number of rotatable bonds is 5. The van der Waals surface area contributed by atoms with E-state index in [-0.39, 0.29) is 18.4 Å². The summed E-state index contributed by atoms with van der Waals surface area (Å²) in [5.41, 5.74) is 6.51. The predicted molar refractivity (Wildman–Crippen MR) is 76.6 cm³/mol. The quantitative estimate of drug-likeness (QED) is 0.864. The van der Waals surface area contributed by atoms with Gasteiger partial charge >= 0.3 is 5.97 Å². The molecular formula is C14H21NO3S. The van der Waals surface area contributed by atoms with Gasteiger partial charge in [0.2, 0.25) is 0 Å². The first-order valence-electron chi connectivity index (χ1n) is 6.21. The van der Waals surface area contributed by atoms with Crippen LogP contribution in [-0.4, -0.2) is 27.1 Å². The van der Waals surface area contributed by atoms with E-state index in [0.717, 1.165) is 5.56 Å². The van der Waals surface area contributed by atoms with E-state index >= 15 is 0 Å². The molecule has 1 rings (SSSR count). The third kappa shape index (κ3) is 4.14. The van der Waals surface area contributed by atoms with Crippen LogP contribution in [0.3, 0.4) is 0 Å². The van der Waals surface area contributed by atoms with Gasteiger partial charge in [-0.3, -0.25) is 9.00 Å². The van der Waals surface area contributed by atoms with Crippen LogP contribution in [-0.2, 0) is 21.0 Å². The van der Waals surface area contributed by atoms with E-state index in [4.69, 9.17) is 10.8 Å². The zero-order chi connectivity index (χ0) is 14.6. The average Bonchev–Trinajstić information content (AvgIpc) is 2.34. The maximum absolute atomic E-state index is 12.2. The summed E-state index contributed by atoms with van der Waals surface area (Å²) in [7, 11) is -1.57. The zero-order valence-electron chi connectivity index (χ0n) is 11.6. The summed E-state index contributed by atoms with van der Waals surface area (Å²) in [5, 5.41) is 8.13. The molecule has 0 saturated heterocycles. The van der Waals surface area contributed by atoms with Crippen molar-refractivity contribution in [2.75, 3.05) is 6.54 Å². The minimum Gasteiger partial charge on any atom is -0.480 e. The Hall–Kier alpha value is -1.20. The summed E-state index contributed by atoms with van der Waals surface area (Å²) < 4.78 is 12.2. The van der Waals surface area contributed by atoms with E-state index in [1.807, 2.05) is 12.1 Å². The molecule has 0 aliphatic carbocycles. The van der Waals surface area contributed by atoms with Gasteiger partial charge in [0.05, 0.1) is 10.8 Å². The van der Waals surface area contributed by atoms with Crippen molar-refractivity contribution in [3.63, 3.8) is 0 Å². The second kappa shape index (κ2) is 6.30. The molecule has 0 saturated carbocycles. The molecule has 0 bridgehead atoms. The number of benzene rings is 1. The lowest BCUT2D eigenvalue weighted by molar-refractivity contribution is -0.136. The molecule has 0 aliphatic heterocycles. The maximum atomic E-state index is 12.2. The molecule has 0 fully saturated rings. The van der Waals surface area contributed by atoms with Gasteiger partial charge in [0.15, 0.2) is 0 Å². The summed E-state index contributed by atoms with van der Waals surface area (Å²) in [6.45, 7) is 6.48. The van der Waals surface area contributed by atoms with Crippen molar-refractivity contribution in [1.82, 2.24) is 0 Å². The molecule has 0 radical (unpaired) electrons. The fourth-order valence-electron chi connectivity index (χ4n) is 1.73. The molecule has 4 nitrogen and oxygen atoms in total. The van der Waals surface area contributed by atoms with E-state index in [2.05, 4.69) is 20.8 Å². The van der Waals surface area contributed by atoms with Crippen molar-refractivity contribution in [2.24, 2.45) is 5.73 Å². The van der Waals surface area contributed by atoms with Crippen LogP contribution in [0.1, 0.15) is 32.8 Å². The molecule has 106 valence electrons. The average molecular weight is 283 g/mol. The van der Waals surface area contributed by atoms with E-state index < -0.39 is 22.0 Å². The lowest BCUT2D eigenvalue weighted by atomic mass is 9.87. The molecule has 3 N–H and O–H groups in total. The number of hydrogen-bond donors (Lipinski definition) is 2. The molecular weight excluding hydrogens is 262 g/mol. The van der Waals surface area contributed by atoms with Gasteiger partial charge in [0.25, 0.3) is 0 Å². The maximum Gasteiger partial charge on any atom is 0.319 e. The molecule has 0 aliphatic rings. The van der Waals surface area contributed by atoms with Crippen LogP contribution in [0.4, 0.5) is 0 Å². The highest BCUT2D eigenvalue weighted by Crippen LogP contribution is 2.24. The van der Waals surface area contributed by atoms with Crippen molar-refractivity contribution in [3.8, 4) is 0 Å². The highest BCUT2D eigenvalue weighted by molar-refractivity contribution is 7.86. The molecule has 0 aromatic heterocycles. The van der Waals surface area contributed by atoms with Crippen LogP contribution in [0.5, 0.6) is 0 Å². The van der Waals surface area contributed by atoms with Crippen LogP contribution in [0.15, 0.2) is 29.2 Å². The first-order valence-corrected chi connectivity index (χ1v) is 7.42. The summed E-state index contributed by atoms with van der Waals surface area (Å²) in [5.74, 6) is -1.07. The molecule has 0 heterocycles. The summed E-state index contributed by atoms with van der Waals surface area (Å²) >= 11 is 0. The molecule has 1 aromatic rings. The molecule has 5 heteroatoms. The highest BCUT2D eigenvalue weighted by Gasteiger charge is 2.25. The van der Waals surface area contributed by atoms with Gasteiger partial charge in [0.1, 0.15) is 5.25 Å². The molecule has 0 spiro atoms. The standard InChI is InChI=1S/C14H21NO3S/c1-14(2,3)10-4-6-11(7-5-10)19(18)12(8-9-15)13(16)17/h4-7,12H,8-9,15H2,1-3H3,(H,16,17). The van der Waals surface area contributed by atoms with Gasteiger partial charge < -0.3 is 10.8 Å². The smallest absolute Gasteiger partial charge is 0.319 e. The third-order valence-electron chi connectivity index (χ3n) is 2.92. The van der Waals surface area contributed by atoms with Crippen LogP contribution in [0, 0.1) is 0 Å². The number of carboxylic acids is 1. The molecule has 19 heavy (non-hydrogen) atoms. The van der Waals surface area contributed by atoms with Crippen LogP contribution in [0.2, 0.25) is 0 Å². The minimum atomic E-state index is -1.57. The molecule has 2 atom stereocenters. The minimum absolute atomic E-state index is 0.0173. The number of aliphatic carboxylic acids is 1. The van der Waals surface area contributed by atoms with Crippen LogP contribution >= 0.6 is 0 Å². The van der Waals surface area contributed by atoms with Crippen LogP contribution in [0.25, 0.3) is 0 Å². The predicted octanol–water partition coefficient (Wildman–Crippen LogP) is 1.89. The monoisotopic (exact) mass is 283 g/mol. The van der Waals surface area contributed by atoms with Crippen molar-refractivity contribution >= 4 is 16.8 Å².